The van der Waals surface area contributed by atoms with Gasteiger partial charge in [0.1, 0.15) is 0 Å². The van der Waals surface area contributed by atoms with Gasteiger partial charge < -0.3 is 0 Å². The first-order valence-electron chi connectivity index (χ1n) is 17.8. The van der Waals surface area contributed by atoms with E-state index in [2.05, 4.69) is 121 Å². The fourth-order valence-electron chi connectivity index (χ4n) is 7.77. The Hall–Kier alpha value is -7.11. The van der Waals surface area contributed by atoms with E-state index in [1.54, 1.807) is 0 Å². The van der Waals surface area contributed by atoms with Gasteiger partial charge in [-0.25, -0.2) is 24.9 Å². The minimum atomic E-state index is -0.584. The molecule has 0 bridgehead atoms. The summed E-state index contributed by atoms with van der Waals surface area (Å²) >= 11 is 0. The van der Waals surface area contributed by atoms with E-state index in [-0.39, 0.29) is 0 Å². The van der Waals surface area contributed by atoms with Gasteiger partial charge in [0.25, 0.3) is 0 Å². The molecule has 5 nitrogen and oxygen atoms in total. The third-order valence-electron chi connectivity index (χ3n) is 10.2. The number of hydrogen-bond donors (Lipinski definition) is 0. The van der Waals surface area contributed by atoms with Crippen molar-refractivity contribution in [2.24, 2.45) is 0 Å². The number of nitrogens with zero attached hydrogens (tertiary/aromatic N) is 5. The van der Waals surface area contributed by atoms with Crippen molar-refractivity contribution in [3.8, 4) is 56.7 Å². The summed E-state index contributed by atoms with van der Waals surface area (Å²) in [5, 5.41) is 2.15. The molecule has 1 aliphatic rings. The van der Waals surface area contributed by atoms with Crippen LogP contribution in [0.5, 0.6) is 0 Å². The fourth-order valence-corrected chi connectivity index (χ4v) is 7.77. The molecule has 9 aromatic rings. The molecule has 5 heteroatoms. The average molecular weight is 678 g/mol. The van der Waals surface area contributed by atoms with Crippen molar-refractivity contribution in [3.05, 3.63) is 211 Å². The van der Waals surface area contributed by atoms with Crippen molar-refractivity contribution in [3.63, 3.8) is 0 Å². The van der Waals surface area contributed by atoms with Crippen molar-refractivity contribution < 1.29 is 0 Å². The van der Waals surface area contributed by atoms with Crippen LogP contribution in [-0.2, 0) is 5.41 Å². The van der Waals surface area contributed by atoms with E-state index in [1.807, 2.05) is 66.9 Å². The number of hydrogen-bond acceptors (Lipinski definition) is 5. The van der Waals surface area contributed by atoms with Gasteiger partial charge >= 0.3 is 0 Å². The maximum absolute atomic E-state index is 5.46. The van der Waals surface area contributed by atoms with Gasteiger partial charge in [0.05, 0.1) is 11.1 Å². The van der Waals surface area contributed by atoms with Crippen molar-refractivity contribution in [2.75, 3.05) is 0 Å². The van der Waals surface area contributed by atoms with Gasteiger partial charge in [-0.15, -0.1) is 0 Å². The van der Waals surface area contributed by atoms with Gasteiger partial charge in [0, 0.05) is 34.0 Å². The normalized spacial score (nSPS) is 12.7. The minimum absolute atomic E-state index is 0.584. The van der Waals surface area contributed by atoms with Gasteiger partial charge in [0.2, 0.25) is 0 Å². The van der Waals surface area contributed by atoms with Gasteiger partial charge in [-0.1, -0.05) is 170 Å². The fraction of sp³-hybridized carbons (Fsp3) is 0.0208. The van der Waals surface area contributed by atoms with E-state index in [9.17, 15) is 0 Å². The molecule has 0 saturated heterocycles. The Bertz CT molecular complexity index is 2670. The predicted molar refractivity (Wildman–Crippen MR) is 212 cm³/mol. The third-order valence-corrected chi connectivity index (χ3v) is 10.2. The van der Waals surface area contributed by atoms with E-state index in [0.717, 1.165) is 49.8 Å². The second-order valence-corrected chi connectivity index (χ2v) is 13.3. The zero-order valence-corrected chi connectivity index (χ0v) is 28.6. The molecule has 2 aromatic heterocycles. The first kappa shape index (κ1) is 30.7. The number of rotatable bonds is 6. The lowest BCUT2D eigenvalue weighted by Gasteiger charge is -2.32. The van der Waals surface area contributed by atoms with Crippen molar-refractivity contribution in [1.29, 1.82) is 0 Å². The van der Waals surface area contributed by atoms with E-state index in [1.165, 1.54) is 16.7 Å². The third kappa shape index (κ3) is 5.13. The molecule has 1 aliphatic carbocycles. The summed E-state index contributed by atoms with van der Waals surface area (Å²) in [7, 11) is 0. The van der Waals surface area contributed by atoms with Crippen LogP contribution in [0.1, 0.15) is 22.4 Å². The second-order valence-electron chi connectivity index (χ2n) is 13.3. The maximum atomic E-state index is 5.46. The molecule has 0 unspecified atom stereocenters. The van der Waals surface area contributed by atoms with Gasteiger partial charge in [0.15, 0.2) is 23.3 Å². The Morgan fingerprint density at radius 2 is 0.792 bits per heavy atom. The summed E-state index contributed by atoms with van der Waals surface area (Å²) in [6, 6.07) is 63.0. The summed E-state index contributed by atoms with van der Waals surface area (Å²) in [4.78, 5) is 25.2. The lowest BCUT2D eigenvalue weighted by atomic mass is 9.69. The minimum Gasteiger partial charge on any atom is -0.236 e. The Kier molecular flexibility index (Phi) is 7.29. The highest BCUT2D eigenvalue weighted by atomic mass is 15.0. The first-order valence-corrected chi connectivity index (χ1v) is 17.8. The monoisotopic (exact) mass is 677 g/mol. The standard InChI is InChI=1S/C48H31N5/c1-5-15-32(16-6-1)45-51-46(33-17-7-2-8-18-33)53-47(52-45)37-28-26-34-29-36(27-25-35(34)30-37)44-49-31-41-40-23-13-14-24-42(40)48(43(41)50-44,38-19-9-3-10-20-38)39-21-11-4-12-22-39/h1-31H. The van der Waals surface area contributed by atoms with Crippen LogP contribution in [0.2, 0.25) is 0 Å². The van der Waals surface area contributed by atoms with Gasteiger partial charge in [-0.05, 0) is 45.2 Å². The molecule has 10 rings (SSSR count). The first-order chi connectivity index (χ1) is 26.3. The summed E-state index contributed by atoms with van der Waals surface area (Å²) in [6.07, 6.45) is 2.01. The molecule has 248 valence electrons. The maximum Gasteiger partial charge on any atom is 0.164 e. The smallest absolute Gasteiger partial charge is 0.164 e. The Morgan fingerprint density at radius 3 is 1.34 bits per heavy atom. The quantitative estimate of drug-likeness (QED) is 0.175. The molecular weight excluding hydrogens is 647 g/mol. The van der Waals surface area contributed by atoms with Crippen LogP contribution in [-0.4, -0.2) is 24.9 Å². The predicted octanol–water partition coefficient (Wildman–Crippen LogP) is 10.8. The van der Waals surface area contributed by atoms with Crippen LogP contribution in [0.4, 0.5) is 0 Å². The van der Waals surface area contributed by atoms with Crippen LogP contribution < -0.4 is 0 Å². The van der Waals surface area contributed by atoms with Crippen LogP contribution in [0.25, 0.3) is 67.5 Å². The Balaban J connectivity index is 1.09. The van der Waals surface area contributed by atoms with E-state index in [0.29, 0.717) is 23.3 Å². The van der Waals surface area contributed by atoms with Gasteiger partial charge in [-0.2, -0.15) is 0 Å². The Labute approximate surface area is 307 Å². The SMILES string of the molecule is c1ccc(-c2nc(-c3ccccc3)nc(-c3ccc4cc(-c5ncc6c(n5)C(c5ccccc5)(c5ccccc5)c5ccccc5-6)ccc4c3)n2)cc1. The van der Waals surface area contributed by atoms with Crippen LogP contribution in [0.15, 0.2) is 188 Å². The van der Waals surface area contributed by atoms with Crippen LogP contribution >= 0.6 is 0 Å². The van der Waals surface area contributed by atoms with Crippen molar-refractivity contribution in [2.45, 2.75) is 5.41 Å². The van der Waals surface area contributed by atoms with Crippen LogP contribution in [0.3, 0.4) is 0 Å². The van der Waals surface area contributed by atoms with E-state index >= 15 is 0 Å². The largest absolute Gasteiger partial charge is 0.236 e. The molecule has 53 heavy (non-hydrogen) atoms. The highest BCUT2D eigenvalue weighted by molar-refractivity contribution is 5.90. The lowest BCUT2D eigenvalue weighted by Crippen LogP contribution is -2.29. The molecule has 0 atom stereocenters. The molecule has 7 aromatic carbocycles. The number of fused-ring (bicyclic) bond motifs is 4. The lowest BCUT2D eigenvalue weighted by molar-refractivity contribution is 0.736. The molecule has 0 fully saturated rings. The highest BCUT2D eigenvalue weighted by Crippen LogP contribution is 2.55. The summed E-state index contributed by atoms with van der Waals surface area (Å²) in [5.74, 6) is 2.60. The van der Waals surface area contributed by atoms with Gasteiger partial charge in [-0.3, -0.25) is 0 Å². The molecule has 0 amide bonds. The number of benzene rings is 7. The average Bonchev–Trinajstić information content (AvgIpc) is 3.55. The summed E-state index contributed by atoms with van der Waals surface area (Å²) < 4.78 is 0. The molecule has 0 saturated carbocycles. The molecule has 0 radical (unpaired) electrons. The Morgan fingerprint density at radius 1 is 0.340 bits per heavy atom. The molecule has 2 heterocycles. The summed E-state index contributed by atoms with van der Waals surface area (Å²) in [6.45, 7) is 0. The summed E-state index contributed by atoms with van der Waals surface area (Å²) in [5.41, 5.74) is 9.97. The van der Waals surface area contributed by atoms with Crippen LogP contribution in [0, 0.1) is 0 Å². The van der Waals surface area contributed by atoms with E-state index in [4.69, 9.17) is 24.9 Å². The zero-order chi connectivity index (χ0) is 35.2. The second kappa shape index (κ2) is 12.6. The van der Waals surface area contributed by atoms with Crippen molar-refractivity contribution >= 4 is 10.8 Å². The molecule has 0 N–H and O–H groups in total. The zero-order valence-electron chi connectivity index (χ0n) is 28.6. The number of aromatic nitrogens is 5. The van der Waals surface area contributed by atoms with E-state index < -0.39 is 5.41 Å². The molecule has 0 spiro atoms. The molecule has 0 aliphatic heterocycles. The topological polar surface area (TPSA) is 64.5 Å². The van der Waals surface area contributed by atoms with Crippen molar-refractivity contribution in [1.82, 2.24) is 24.9 Å². The highest BCUT2D eigenvalue weighted by Gasteiger charge is 2.47. The molecular formula is C48H31N5.